The SMILES string of the molecule is C=CC(=O)OCCCCCCOc1ccc(C(=O)Oc2ccc(OC(=O)c3ccc(OCCCCCCOC(=O)CC)cc3)cc2C)cc1. The van der Waals surface area contributed by atoms with E-state index in [4.69, 9.17) is 28.4 Å². The summed E-state index contributed by atoms with van der Waals surface area (Å²) in [6.45, 7) is 8.83. The van der Waals surface area contributed by atoms with Gasteiger partial charge in [0, 0.05) is 12.5 Å². The van der Waals surface area contributed by atoms with Crippen molar-refractivity contribution in [2.75, 3.05) is 26.4 Å². The van der Waals surface area contributed by atoms with E-state index in [1.807, 2.05) is 0 Å². The quantitative estimate of drug-likeness (QED) is 0.0448. The van der Waals surface area contributed by atoms with Crippen LogP contribution < -0.4 is 18.9 Å². The first-order chi connectivity index (χ1) is 23.8. The lowest BCUT2D eigenvalue weighted by Gasteiger charge is -2.11. The lowest BCUT2D eigenvalue weighted by molar-refractivity contribution is -0.143. The van der Waals surface area contributed by atoms with E-state index in [1.165, 1.54) is 0 Å². The molecule has 0 fully saturated rings. The largest absolute Gasteiger partial charge is 0.494 e. The van der Waals surface area contributed by atoms with Crippen molar-refractivity contribution in [2.45, 2.75) is 71.6 Å². The number of unbranched alkanes of at least 4 members (excludes halogenated alkanes) is 6. The monoisotopic (exact) mass is 674 g/mol. The van der Waals surface area contributed by atoms with Gasteiger partial charge in [-0.1, -0.05) is 13.5 Å². The molecule has 0 heterocycles. The number of carbonyl (C=O) groups excluding carboxylic acids is 4. The molecule has 3 aromatic rings. The normalized spacial score (nSPS) is 10.5. The van der Waals surface area contributed by atoms with Gasteiger partial charge in [-0.2, -0.15) is 0 Å². The number of carbonyl (C=O) groups is 4. The van der Waals surface area contributed by atoms with Crippen LogP contribution in [0.3, 0.4) is 0 Å². The van der Waals surface area contributed by atoms with Gasteiger partial charge in [0.2, 0.25) is 0 Å². The Kier molecular flexibility index (Phi) is 17.0. The Morgan fingerprint density at radius 3 is 1.55 bits per heavy atom. The maximum absolute atomic E-state index is 12.8. The van der Waals surface area contributed by atoms with Gasteiger partial charge in [-0.25, -0.2) is 14.4 Å². The van der Waals surface area contributed by atoms with Crippen molar-refractivity contribution in [2.24, 2.45) is 0 Å². The Balaban J connectivity index is 1.35. The molecule has 0 saturated carbocycles. The van der Waals surface area contributed by atoms with Crippen molar-refractivity contribution in [3.8, 4) is 23.0 Å². The second kappa shape index (κ2) is 21.7. The van der Waals surface area contributed by atoms with Gasteiger partial charge in [-0.15, -0.1) is 0 Å². The molecule has 0 N–H and O–H groups in total. The van der Waals surface area contributed by atoms with E-state index in [9.17, 15) is 19.2 Å². The van der Waals surface area contributed by atoms with Crippen LogP contribution >= 0.6 is 0 Å². The number of hydrogen-bond donors (Lipinski definition) is 0. The number of hydrogen-bond acceptors (Lipinski definition) is 10. The van der Waals surface area contributed by atoms with Crippen LogP contribution in [0.25, 0.3) is 0 Å². The van der Waals surface area contributed by atoms with Crippen molar-refractivity contribution >= 4 is 23.9 Å². The van der Waals surface area contributed by atoms with Gasteiger partial charge in [-0.05, 0) is 131 Å². The highest BCUT2D eigenvalue weighted by molar-refractivity contribution is 5.92. The average molecular weight is 675 g/mol. The topological polar surface area (TPSA) is 124 Å². The maximum Gasteiger partial charge on any atom is 0.343 e. The lowest BCUT2D eigenvalue weighted by atomic mass is 10.2. The molecular formula is C39H46O10. The van der Waals surface area contributed by atoms with Crippen LogP contribution in [0.2, 0.25) is 0 Å². The zero-order valence-electron chi connectivity index (χ0n) is 28.4. The van der Waals surface area contributed by atoms with Crippen molar-refractivity contribution in [3.63, 3.8) is 0 Å². The highest BCUT2D eigenvalue weighted by atomic mass is 16.5. The molecular weight excluding hydrogens is 628 g/mol. The Morgan fingerprint density at radius 1 is 0.592 bits per heavy atom. The zero-order valence-corrected chi connectivity index (χ0v) is 28.4. The molecule has 3 aromatic carbocycles. The Labute approximate surface area is 288 Å². The highest BCUT2D eigenvalue weighted by Gasteiger charge is 2.14. The third kappa shape index (κ3) is 14.7. The Bertz CT molecular complexity index is 1500. The summed E-state index contributed by atoms with van der Waals surface area (Å²) in [5.41, 5.74) is 1.37. The van der Waals surface area contributed by atoms with Crippen LogP contribution in [0, 0.1) is 6.92 Å². The first-order valence-corrected chi connectivity index (χ1v) is 16.7. The fourth-order valence-corrected chi connectivity index (χ4v) is 4.51. The summed E-state index contributed by atoms with van der Waals surface area (Å²) in [7, 11) is 0. The molecule has 0 aliphatic carbocycles. The number of benzene rings is 3. The van der Waals surface area contributed by atoms with E-state index in [2.05, 4.69) is 6.58 Å². The van der Waals surface area contributed by atoms with Crippen LogP contribution in [-0.4, -0.2) is 50.3 Å². The van der Waals surface area contributed by atoms with E-state index in [-0.39, 0.29) is 5.97 Å². The van der Waals surface area contributed by atoms with Crippen LogP contribution in [-0.2, 0) is 19.1 Å². The highest BCUT2D eigenvalue weighted by Crippen LogP contribution is 2.26. The molecule has 262 valence electrons. The summed E-state index contributed by atoms with van der Waals surface area (Å²) in [6.07, 6.45) is 8.71. The second-order valence-electron chi connectivity index (χ2n) is 11.2. The maximum atomic E-state index is 12.8. The van der Waals surface area contributed by atoms with E-state index < -0.39 is 17.9 Å². The third-order valence-electron chi connectivity index (χ3n) is 7.32. The minimum atomic E-state index is -0.520. The Morgan fingerprint density at radius 2 is 1.06 bits per heavy atom. The molecule has 0 amide bonds. The molecule has 0 aromatic heterocycles. The predicted molar refractivity (Wildman–Crippen MR) is 184 cm³/mol. The molecule has 0 unspecified atom stereocenters. The lowest BCUT2D eigenvalue weighted by Crippen LogP contribution is -2.10. The fraction of sp³-hybridized carbons (Fsp3) is 0.385. The van der Waals surface area contributed by atoms with Crippen LogP contribution in [0.4, 0.5) is 0 Å². The molecule has 0 spiro atoms. The van der Waals surface area contributed by atoms with Gasteiger partial charge >= 0.3 is 23.9 Å². The summed E-state index contributed by atoms with van der Waals surface area (Å²) < 4.78 is 32.7. The van der Waals surface area contributed by atoms with Crippen molar-refractivity contribution in [1.82, 2.24) is 0 Å². The Hall–Kier alpha value is -5.12. The van der Waals surface area contributed by atoms with Crippen LogP contribution in [0.1, 0.15) is 91.0 Å². The third-order valence-corrected chi connectivity index (χ3v) is 7.32. The summed E-state index contributed by atoms with van der Waals surface area (Å²) >= 11 is 0. The standard InChI is InChI=1S/C39H46O10/c1-4-36(40)46-26-12-8-6-10-24-44-32-18-14-30(15-19-32)38(42)48-34-22-23-35(29(3)28-34)49-39(43)31-16-20-33(21-17-31)45-25-11-7-9-13-27-47-37(41)5-2/h5,14-23,28H,2,4,6-13,24-27H2,1,3H3. The summed E-state index contributed by atoms with van der Waals surface area (Å²) in [4.78, 5) is 47.6. The number of ether oxygens (including phenoxy) is 6. The van der Waals surface area contributed by atoms with Crippen molar-refractivity contribution < 1.29 is 47.6 Å². The first kappa shape index (κ1) is 38.3. The fourth-order valence-electron chi connectivity index (χ4n) is 4.51. The summed E-state index contributed by atoms with van der Waals surface area (Å²) in [5, 5.41) is 0. The minimum absolute atomic E-state index is 0.170. The molecule has 10 heteroatoms. The number of esters is 4. The van der Waals surface area contributed by atoms with E-state index in [1.54, 1.807) is 80.6 Å². The number of rotatable bonds is 22. The van der Waals surface area contributed by atoms with Gasteiger partial charge in [0.15, 0.2) is 0 Å². The van der Waals surface area contributed by atoms with Crippen LogP contribution in [0.5, 0.6) is 23.0 Å². The molecule has 3 rings (SSSR count). The molecule has 49 heavy (non-hydrogen) atoms. The minimum Gasteiger partial charge on any atom is -0.494 e. The zero-order chi connectivity index (χ0) is 35.3. The second-order valence-corrected chi connectivity index (χ2v) is 11.2. The predicted octanol–water partition coefficient (Wildman–Crippen LogP) is 7.99. The molecule has 0 aliphatic heterocycles. The van der Waals surface area contributed by atoms with Crippen molar-refractivity contribution in [3.05, 3.63) is 96.1 Å². The smallest absolute Gasteiger partial charge is 0.343 e. The molecule has 0 radical (unpaired) electrons. The molecule has 10 nitrogen and oxygen atoms in total. The van der Waals surface area contributed by atoms with Gasteiger partial charge in [-0.3, -0.25) is 4.79 Å². The van der Waals surface area contributed by atoms with E-state index in [0.717, 1.165) is 57.4 Å². The van der Waals surface area contributed by atoms with Gasteiger partial charge in [0.1, 0.15) is 23.0 Å². The first-order valence-electron chi connectivity index (χ1n) is 16.7. The van der Waals surface area contributed by atoms with Gasteiger partial charge < -0.3 is 28.4 Å². The van der Waals surface area contributed by atoms with Crippen molar-refractivity contribution in [1.29, 1.82) is 0 Å². The van der Waals surface area contributed by atoms with E-state index >= 15 is 0 Å². The van der Waals surface area contributed by atoms with Crippen LogP contribution in [0.15, 0.2) is 79.4 Å². The molecule has 0 saturated heterocycles. The summed E-state index contributed by atoms with van der Waals surface area (Å²) in [5.74, 6) is 0.371. The van der Waals surface area contributed by atoms with Gasteiger partial charge in [0.05, 0.1) is 37.6 Å². The molecule has 0 aliphatic rings. The number of aryl methyl sites for hydroxylation is 1. The average Bonchev–Trinajstić information content (AvgIpc) is 3.11. The molecule has 0 bridgehead atoms. The van der Waals surface area contributed by atoms with E-state index in [0.29, 0.717) is 72.5 Å². The summed E-state index contributed by atoms with van der Waals surface area (Å²) in [6, 6.07) is 18.3. The molecule has 0 atom stereocenters. The van der Waals surface area contributed by atoms with Gasteiger partial charge in [0.25, 0.3) is 0 Å².